The number of nitrogens with one attached hydrogen (secondary N) is 2. The van der Waals surface area contributed by atoms with Crippen LogP contribution in [0.2, 0.25) is 0 Å². The molecule has 1 heterocycles. The lowest BCUT2D eigenvalue weighted by atomic mass is 9.92. The fourth-order valence-electron chi connectivity index (χ4n) is 3.64. The Kier molecular flexibility index (Phi) is 5.27. The molecule has 6 heteroatoms. The molecule has 6 nitrogen and oxygen atoms in total. The van der Waals surface area contributed by atoms with E-state index in [9.17, 15) is 14.9 Å². The molecule has 0 spiro atoms. The molecule has 1 aliphatic rings. The van der Waals surface area contributed by atoms with Gasteiger partial charge in [0.05, 0.1) is 11.6 Å². The number of fused-ring (bicyclic) bond motifs is 1. The SMILES string of the molecule is Cc1[nH]c2ccccc2c1C(=O)OCC(=O)NC1(C#N)CCCCCC1. The first kappa shape index (κ1) is 18.0. The van der Waals surface area contributed by atoms with Gasteiger partial charge in [-0.25, -0.2) is 4.79 Å². The predicted octanol–water partition coefficient (Wildman–Crippen LogP) is 3.37. The van der Waals surface area contributed by atoms with Gasteiger partial charge in [-0.15, -0.1) is 0 Å². The van der Waals surface area contributed by atoms with E-state index < -0.39 is 17.4 Å². The van der Waals surface area contributed by atoms with Crippen LogP contribution in [0.4, 0.5) is 0 Å². The molecule has 2 N–H and O–H groups in total. The van der Waals surface area contributed by atoms with Gasteiger partial charge in [0.25, 0.3) is 5.91 Å². The van der Waals surface area contributed by atoms with Crippen molar-refractivity contribution in [2.24, 2.45) is 0 Å². The van der Waals surface area contributed by atoms with Crippen LogP contribution < -0.4 is 5.32 Å². The zero-order chi connectivity index (χ0) is 18.6. The average molecular weight is 353 g/mol. The minimum absolute atomic E-state index is 0.388. The van der Waals surface area contributed by atoms with E-state index in [4.69, 9.17) is 4.74 Å². The van der Waals surface area contributed by atoms with Gasteiger partial charge in [-0.3, -0.25) is 4.79 Å². The normalized spacial score (nSPS) is 16.5. The number of rotatable bonds is 4. The summed E-state index contributed by atoms with van der Waals surface area (Å²) in [4.78, 5) is 27.9. The molecule has 0 unspecified atom stereocenters. The van der Waals surface area contributed by atoms with Crippen molar-refractivity contribution in [3.63, 3.8) is 0 Å². The van der Waals surface area contributed by atoms with Gasteiger partial charge in [-0.1, -0.05) is 43.9 Å². The number of aryl methyl sites for hydroxylation is 1. The van der Waals surface area contributed by atoms with Gasteiger partial charge in [0.2, 0.25) is 0 Å². The lowest BCUT2D eigenvalue weighted by molar-refractivity contribution is -0.125. The molecule has 1 amide bonds. The number of hydrogen-bond acceptors (Lipinski definition) is 4. The Morgan fingerprint density at radius 3 is 2.62 bits per heavy atom. The Bertz CT molecular complexity index is 855. The highest BCUT2D eigenvalue weighted by Crippen LogP contribution is 2.26. The number of aromatic amines is 1. The molecule has 1 fully saturated rings. The zero-order valence-corrected chi connectivity index (χ0v) is 14.9. The summed E-state index contributed by atoms with van der Waals surface area (Å²) in [6.45, 7) is 1.41. The third-order valence-corrected chi connectivity index (χ3v) is 4.98. The van der Waals surface area contributed by atoms with Crippen LogP contribution in [0.15, 0.2) is 24.3 Å². The van der Waals surface area contributed by atoms with Gasteiger partial charge in [0.1, 0.15) is 5.54 Å². The van der Waals surface area contributed by atoms with E-state index in [2.05, 4.69) is 16.4 Å². The third kappa shape index (κ3) is 3.72. The van der Waals surface area contributed by atoms with Gasteiger partial charge in [-0.05, 0) is 25.8 Å². The number of aromatic nitrogens is 1. The number of ether oxygens (including phenoxy) is 1. The number of carbonyl (C=O) groups excluding carboxylic acids is 2. The molecule has 2 aromatic rings. The highest BCUT2D eigenvalue weighted by molar-refractivity contribution is 6.06. The monoisotopic (exact) mass is 353 g/mol. The second-order valence-corrected chi connectivity index (χ2v) is 6.90. The van der Waals surface area contributed by atoms with Gasteiger partial charge in [0, 0.05) is 16.6 Å². The van der Waals surface area contributed by atoms with Gasteiger partial charge >= 0.3 is 5.97 Å². The number of H-pyrrole nitrogens is 1. The van der Waals surface area contributed by atoms with Crippen molar-refractivity contribution in [1.29, 1.82) is 5.26 Å². The maximum absolute atomic E-state index is 12.5. The smallest absolute Gasteiger partial charge is 0.341 e. The highest BCUT2D eigenvalue weighted by atomic mass is 16.5. The molecule has 0 aliphatic heterocycles. The van der Waals surface area contributed by atoms with Crippen molar-refractivity contribution in [2.75, 3.05) is 6.61 Å². The number of esters is 1. The molecule has 0 saturated heterocycles. The van der Waals surface area contributed by atoms with Crippen molar-refractivity contribution in [3.05, 3.63) is 35.5 Å². The molecule has 1 aromatic heterocycles. The first-order valence-corrected chi connectivity index (χ1v) is 9.01. The second-order valence-electron chi connectivity index (χ2n) is 6.90. The number of benzene rings is 1. The van der Waals surface area contributed by atoms with Crippen molar-refractivity contribution in [1.82, 2.24) is 10.3 Å². The fourth-order valence-corrected chi connectivity index (χ4v) is 3.64. The standard InChI is InChI=1S/C20H23N3O3/c1-14-18(15-8-4-5-9-16(15)22-14)19(25)26-12-17(24)23-20(13-21)10-6-2-3-7-11-20/h4-5,8-9,22H,2-3,6-7,10-12H2,1H3,(H,23,24). The molecular weight excluding hydrogens is 330 g/mol. The number of carbonyl (C=O) groups is 2. The molecule has 26 heavy (non-hydrogen) atoms. The number of nitriles is 1. The predicted molar refractivity (Wildman–Crippen MR) is 97.5 cm³/mol. The highest BCUT2D eigenvalue weighted by Gasteiger charge is 2.32. The summed E-state index contributed by atoms with van der Waals surface area (Å²) in [6.07, 6.45) is 5.28. The maximum Gasteiger partial charge on any atom is 0.341 e. The first-order chi connectivity index (χ1) is 12.5. The Morgan fingerprint density at radius 2 is 1.92 bits per heavy atom. The van der Waals surface area contributed by atoms with E-state index in [0.717, 1.165) is 36.6 Å². The van der Waals surface area contributed by atoms with E-state index in [1.807, 2.05) is 24.3 Å². The first-order valence-electron chi connectivity index (χ1n) is 9.01. The fraction of sp³-hybridized carbons (Fsp3) is 0.450. The summed E-state index contributed by atoms with van der Waals surface area (Å²) in [6, 6.07) is 9.71. The quantitative estimate of drug-likeness (QED) is 0.651. The number of para-hydroxylation sites is 1. The van der Waals surface area contributed by atoms with Crippen molar-refractivity contribution in [3.8, 4) is 6.07 Å². The van der Waals surface area contributed by atoms with Crippen LogP contribution in [0.3, 0.4) is 0 Å². The lowest BCUT2D eigenvalue weighted by Crippen LogP contribution is -2.48. The van der Waals surface area contributed by atoms with E-state index >= 15 is 0 Å². The van der Waals surface area contributed by atoms with E-state index in [0.29, 0.717) is 24.1 Å². The lowest BCUT2D eigenvalue weighted by Gasteiger charge is -2.26. The minimum Gasteiger partial charge on any atom is -0.452 e. The zero-order valence-electron chi connectivity index (χ0n) is 14.9. The summed E-state index contributed by atoms with van der Waals surface area (Å²) in [5.41, 5.74) is 1.16. The third-order valence-electron chi connectivity index (χ3n) is 4.98. The van der Waals surface area contributed by atoms with Gasteiger partial charge in [0.15, 0.2) is 6.61 Å². The Hall–Kier alpha value is -2.81. The van der Waals surface area contributed by atoms with Crippen molar-refractivity contribution >= 4 is 22.8 Å². The molecule has 0 bridgehead atoms. The second kappa shape index (κ2) is 7.61. The topological polar surface area (TPSA) is 95.0 Å². The van der Waals surface area contributed by atoms with Crippen LogP contribution in [0.5, 0.6) is 0 Å². The summed E-state index contributed by atoms with van der Waals surface area (Å²) in [7, 11) is 0. The summed E-state index contributed by atoms with van der Waals surface area (Å²) in [5, 5.41) is 13.1. The number of amides is 1. The minimum atomic E-state index is -0.837. The van der Waals surface area contributed by atoms with Crippen LogP contribution in [0, 0.1) is 18.3 Å². The van der Waals surface area contributed by atoms with Crippen LogP contribution in [0.1, 0.15) is 54.6 Å². The van der Waals surface area contributed by atoms with Crippen LogP contribution >= 0.6 is 0 Å². The van der Waals surface area contributed by atoms with Crippen LogP contribution in [0.25, 0.3) is 10.9 Å². The molecule has 1 aliphatic carbocycles. The van der Waals surface area contributed by atoms with Crippen LogP contribution in [-0.4, -0.2) is 29.0 Å². The Labute approximate surface area is 152 Å². The van der Waals surface area contributed by atoms with Gasteiger partial charge in [-0.2, -0.15) is 5.26 Å². The van der Waals surface area contributed by atoms with E-state index in [-0.39, 0.29) is 6.61 Å². The summed E-state index contributed by atoms with van der Waals surface area (Å²) < 4.78 is 5.22. The van der Waals surface area contributed by atoms with Gasteiger partial charge < -0.3 is 15.0 Å². The molecule has 1 aromatic carbocycles. The largest absolute Gasteiger partial charge is 0.452 e. The molecule has 0 radical (unpaired) electrons. The number of nitrogens with zero attached hydrogens (tertiary/aromatic N) is 1. The van der Waals surface area contributed by atoms with E-state index in [1.54, 1.807) is 6.92 Å². The van der Waals surface area contributed by atoms with Crippen molar-refractivity contribution in [2.45, 2.75) is 51.0 Å². The Balaban J connectivity index is 1.64. The summed E-state index contributed by atoms with van der Waals surface area (Å²) in [5.74, 6) is -0.971. The maximum atomic E-state index is 12.5. The molecule has 136 valence electrons. The average Bonchev–Trinajstić information content (AvgIpc) is 2.80. The molecule has 3 rings (SSSR count). The Morgan fingerprint density at radius 1 is 1.23 bits per heavy atom. The summed E-state index contributed by atoms with van der Waals surface area (Å²) >= 11 is 0. The molecule has 0 atom stereocenters. The number of hydrogen-bond donors (Lipinski definition) is 2. The molecular formula is C20H23N3O3. The van der Waals surface area contributed by atoms with Crippen LogP contribution in [-0.2, 0) is 9.53 Å². The molecule has 1 saturated carbocycles. The van der Waals surface area contributed by atoms with Crippen molar-refractivity contribution < 1.29 is 14.3 Å². The van der Waals surface area contributed by atoms with E-state index in [1.165, 1.54) is 0 Å².